The van der Waals surface area contributed by atoms with Gasteiger partial charge in [0.1, 0.15) is 5.76 Å². The van der Waals surface area contributed by atoms with Gasteiger partial charge in [0.2, 0.25) is 10.0 Å². The first-order valence-electron chi connectivity index (χ1n) is 11.5. The van der Waals surface area contributed by atoms with Crippen LogP contribution in [0.4, 0.5) is 0 Å². The van der Waals surface area contributed by atoms with Crippen molar-refractivity contribution in [2.75, 3.05) is 26.2 Å². The molecule has 0 saturated carbocycles. The molecule has 2 fully saturated rings. The fourth-order valence-corrected chi connectivity index (χ4v) is 6.25. The van der Waals surface area contributed by atoms with Crippen LogP contribution in [0.15, 0.2) is 39.6 Å². The maximum Gasteiger partial charge on any atom is 0.287 e. The molecule has 2 aliphatic heterocycles. The molecule has 0 radical (unpaired) electrons. The Morgan fingerprint density at radius 2 is 1.67 bits per heavy atom. The number of piperidine rings is 2. The van der Waals surface area contributed by atoms with Gasteiger partial charge in [0.25, 0.3) is 11.8 Å². The monoisotopic (exact) mass is 473 g/mol. The van der Waals surface area contributed by atoms with Gasteiger partial charge in [0.05, 0.1) is 4.90 Å². The molecule has 1 aromatic carbocycles. The van der Waals surface area contributed by atoms with Gasteiger partial charge in [0.15, 0.2) is 5.76 Å². The number of carbonyl (C=O) groups is 2. The third kappa shape index (κ3) is 5.14. The van der Waals surface area contributed by atoms with Crippen molar-refractivity contribution in [2.24, 2.45) is 0 Å². The van der Waals surface area contributed by atoms with E-state index in [1.807, 2.05) is 0 Å². The number of carbonyl (C=O) groups excluding carboxylic acids is 2. The second-order valence-electron chi connectivity index (χ2n) is 8.90. The maximum atomic E-state index is 13.2. The molecule has 178 valence electrons. The number of rotatable bonds is 5. The Hall–Kier alpha value is -2.65. The normalized spacial score (nSPS) is 18.3. The number of furan rings is 1. The lowest BCUT2D eigenvalue weighted by molar-refractivity contribution is 0.0695. The fourth-order valence-electron chi connectivity index (χ4n) is 4.48. The quantitative estimate of drug-likeness (QED) is 0.719. The van der Waals surface area contributed by atoms with Crippen molar-refractivity contribution in [2.45, 2.75) is 56.9 Å². The number of nitrogens with one attached hydrogen (secondary N) is 1. The Labute approximate surface area is 195 Å². The predicted octanol–water partition coefficient (Wildman–Crippen LogP) is 3.11. The third-order valence-electron chi connectivity index (χ3n) is 6.45. The second kappa shape index (κ2) is 9.69. The van der Waals surface area contributed by atoms with Crippen LogP contribution in [0.1, 0.15) is 64.3 Å². The molecule has 0 spiro atoms. The van der Waals surface area contributed by atoms with Gasteiger partial charge in [-0.05, 0) is 69.4 Å². The van der Waals surface area contributed by atoms with Gasteiger partial charge in [0, 0.05) is 37.8 Å². The molecule has 33 heavy (non-hydrogen) atoms. The summed E-state index contributed by atoms with van der Waals surface area (Å²) in [7, 11) is -3.62. The maximum absolute atomic E-state index is 13.2. The van der Waals surface area contributed by atoms with Crippen molar-refractivity contribution in [1.29, 1.82) is 0 Å². The van der Waals surface area contributed by atoms with E-state index in [1.165, 1.54) is 10.4 Å². The highest BCUT2D eigenvalue weighted by Gasteiger charge is 2.30. The molecule has 0 aliphatic carbocycles. The third-order valence-corrected chi connectivity index (χ3v) is 8.49. The molecule has 4 rings (SSSR count). The lowest BCUT2D eigenvalue weighted by Gasteiger charge is -2.32. The first-order chi connectivity index (χ1) is 15.8. The van der Waals surface area contributed by atoms with Gasteiger partial charge >= 0.3 is 0 Å². The Bertz CT molecular complexity index is 1130. The van der Waals surface area contributed by atoms with E-state index < -0.39 is 10.0 Å². The van der Waals surface area contributed by atoms with Crippen LogP contribution in [0.25, 0.3) is 0 Å². The summed E-state index contributed by atoms with van der Waals surface area (Å²) in [5.74, 6) is 0.531. The van der Waals surface area contributed by atoms with Crippen LogP contribution in [-0.2, 0) is 10.0 Å². The summed E-state index contributed by atoms with van der Waals surface area (Å²) in [6.45, 7) is 5.58. The fraction of sp³-hybridized carbons (Fsp3) is 0.500. The van der Waals surface area contributed by atoms with Gasteiger partial charge in [-0.25, -0.2) is 8.42 Å². The zero-order valence-corrected chi connectivity index (χ0v) is 20.0. The van der Waals surface area contributed by atoms with E-state index in [1.54, 1.807) is 43.0 Å². The highest BCUT2D eigenvalue weighted by Crippen LogP contribution is 2.25. The van der Waals surface area contributed by atoms with Gasteiger partial charge < -0.3 is 14.6 Å². The van der Waals surface area contributed by atoms with Gasteiger partial charge in [-0.3, -0.25) is 9.59 Å². The molecule has 2 aliphatic rings. The van der Waals surface area contributed by atoms with Crippen molar-refractivity contribution in [3.05, 3.63) is 53.0 Å². The number of sulfonamides is 1. The summed E-state index contributed by atoms with van der Waals surface area (Å²) >= 11 is 0. The Kier molecular flexibility index (Phi) is 6.90. The minimum atomic E-state index is -3.62. The molecule has 8 nitrogen and oxygen atoms in total. The topological polar surface area (TPSA) is 99.9 Å². The molecule has 1 aromatic heterocycles. The second-order valence-corrected chi connectivity index (χ2v) is 10.8. The summed E-state index contributed by atoms with van der Waals surface area (Å²) < 4.78 is 33.2. The van der Waals surface area contributed by atoms with Crippen molar-refractivity contribution in [3.63, 3.8) is 0 Å². The summed E-state index contributed by atoms with van der Waals surface area (Å²) in [4.78, 5) is 27.4. The van der Waals surface area contributed by atoms with Crippen LogP contribution < -0.4 is 5.32 Å². The molecule has 3 heterocycles. The van der Waals surface area contributed by atoms with Crippen molar-refractivity contribution >= 4 is 21.8 Å². The van der Waals surface area contributed by atoms with E-state index >= 15 is 0 Å². The molecular formula is C24H31N3O5S. The van der Waals surface area contributed by atoms with Crippen molar-refractivity contribution in [3.8, 4) is 0 Å². The molecule has 0 unspecified atom stereocenters. The van der Waals surface area contributed by atoms with Crippen LogP contribution in [-0.4, -0.2) is 61.7 Å². The molecule has 2 amide bonds. The lowest BCUT2D eigenvalue weighted by Crippen LogP contribution is -2.46. The van der Waals surface area contributed by atoms with Crippen LogP contribution in [0.5, 0.6) is 0 Å². The first-order valence-corrected chi connectivity index (χ1v) is 13.0. The molecule has 2 aromatic rings. The van der Waals surface area contributed by atoms with Gasteiger partial charge in [-0.2, -0.15) is 4.31 Å². The molecule has 9 heteroatoms. The van der Waals surface area contributed by atoms with E-state index in [9.17, 15) is 18.0 Å². The van der Waals surface area contributed by atoms with Crippen LogP contribution in [0.3, 0.4) is 0 Å². The summed E-state index contributed by atoms with van der Waals surface area (Å²) in [6.07, 6.45) is 4.02. The molecule has 2 saturated heterocycles. The van der Waals surface area contributed by atoms with Crippen LogP contribution >= 0.6 is 0 Å². The van der Waals surface area contributed by atoms with Gasteiger partial charge in [-0.1, -0.05) is 12.5 Å². The number of nitrogens with zero attached hydrogens (tertiary/aromatic N) is 2. The lowest BCUT2D eigenvalue weighted by atomic mass is 10.0. The molecule has 0 atom stereocenters. The van der Waals surface area contributed by atoms with E-state index in [4.69, 9.17) is 4.42 Å². The molecule has 0 bridgehead atoms. The Morgan fingerprint density at radius 1 is 0.970 bits per heavy atom. The standard InChI is InChI=1S/C24H31N3O5S/c1-17-6-8-19(16-22(17)33(30,31)27-12-4-3-5-13-27)24(29)26-14-10-20(11-15-26)25-23(28)21-9-7-18(2)32-21/h6-9,16,20H,3-5,10-15H2,1-2H3,(H,25,28). The van der Waals surface area contributed by atoms with Crippen molar-refractivity contribution in [1.82, 2.24) is 14.5 Å². The zero-order valence-electron chi connectivity index (χ0n) is 19.2. The number of likely N-dealkylation sites (tertiary alicyclic amines) is 1. The molecule has 1 N–H and O–H groups in total. The van der Waals surface area contributed by atoms with Crippen LogP contribution in [0.2, 0.25) is 0 Å². The minimum Gasteiger partial charge on any atom is -0.456 e. The predicted molar refractivity (Wildman–Crippen MR) is 124 cm³/mol. The zero-order chi connectivity index (χ0) is 23.6. The van der Waals surface area contributed by atoms with E-state index in [-0.39, 0.29) is 28.5 Å². The average Bonchev–Trinajstić information content (AvgIpc) is 3.26. The van der Waals surface area contributed by atoms with E-state index in [0.29, 0.717) is 55.9 Å². The molecular weight excluding hydrogens is 442 g/mol. The van der Waals surface area contributed by atoms with E-state index in [2.05, 4.69) is 5.32 Å². The summed E-state index contributed by atoms with van der Waals surface area (Å²) in [6, 6.07) is 8.28. The smallest absolute Gasteiger partial charge is 0.287 e. The number of benzene rings is 1. The number of hydrogen-bond donors (Lipinski definition) is 1. The van der Waals surface area contributed by atoms with Crippen molar-refractivity contribution < 1.29 is 22.4 Å². The first kappa shape index (κ1) is 23.5. The summed E-state index contributed by atoms with van der Waals surface area (Å²) in [5, 5.41) is 2.97. The Balaban J connectivity index is 1.40. The largest absolute Gasteiger partial charge is 0.456 e. The SMILES string of the molecule is Cc1ccc(C(=O)NC2CCN(C(=O)c3ccc(C)c(S(=O)(=O)N4CCCCC4)c3)CC2)o1. The highest BCUT2D eigenvalue weighted by molar-refractivity contribution is 7.89. The van der Waals surface area contributed by atoms with E-state index in [0.717, 1.165) is 19.3 Å². The number of hydrogen-bond acceptors (Lipinski definition) is 5. The van der Waals surface area contributed by atoms with Crippen LogP contribution in [0, 0.1) is 13.8 Å². The summed E-state index contributed by atoms with van der Waals surface area (Å²) in [5.41, 5.74) is 1.02. The minimum absolute atomic E-state index is 0.0417. The Morgan fingerprint density at radius 3 is 2.30 bits per heavy atom. The highest BCUT2D eigenvalue weighted by atomic mass is 32.2. The van der Waals surface area contributed by atoms with Gasteiger partial charge in [-0.15, -0.1) is 0 Å². The number of amides is 2. The average molecular weight is 474 g/mol. The number of aryl methyl sites for hydroxylation is 2.